The standard InChI is InChI=1S/C112H79B2N3O3S/c1-111(2,3)77-45-51-97-87(62-77)88-63-78(112(4,5)6)46-52-98(88)116(97)80-48-50-93-105(65-80)121-106-61-76(60-100-108(106)113(93)91-49-47-79(115-95-40-24-21-36-83(95)84-37-22-25-41-96(84)115)64-99(91)117(100)81-56-74(68-27-11-7-12-28-68)55-75(57-81)69-29-13-8-14-30-69)86-66-104-109-110(107(86)85-38-20-19-35-82(85)70-31-15-9-16-32-70)120-102-42-26-23-39-92(102)114(109)94-59-73(44-54-103(94)119-104)72-43-53-101-89(58-72)90(67-118-101)71-33-17-10-18-34-71/h7-67H,1-6H3. The van der Waals surface area contributed by atoms with E-state index in [1.54, 1.807) is 0 Å². The molecular formula is C112H79B2N3O3S. The number of benzene rings is 17. The highest BCUT2D eigenvalue weighted by molar-refractivity contribution is 8.00. The van der Waals surface area contributed by atoms with E-state index in [0.717, 1.165) is 168 Å². The molecule has 121 heavy (non-hydrogen) atoms. The molecular weight excluding hydrogens is 1490 g/mol. The number of anilines is 3. The molecule has 0 saturated heterocycles. The number of aromatic nitrogens is 2. The van der Waals surface area contributed by atoms with Crippen molar-refractivity contribution in [1.29, 1.82) is 0 Å². The summed E-state index contributed by atoms with van der Waals surface area (Å²) < 4.78 is 26.8. The fraction of sp³-hybridized carbons (Fsp3) is 0.0714. The fourth-order valence-corrected chi connectivity index (χ4v) is 21.2. The Labute approximate surface area is 708 Å². The zero-order valence-corrected chi connectivity index (χ0v) is 68.7. The first-order chi connectivity index (χ1) is 59.2. The van der Waals surface area contributed by atoms with Crippen LogP contribution >= 0.6 is 11.8 Å². The molecule has 572 valence electrons. The molecule has 0 amide bonds. The number of para-hydroxylation sites is 3. The molecule has 4 aliphatic heterocycles. The highest BCUT2D eigenvalue weighted by Gasteiger charge is 2.46. The maximum absolute atomic E-state index is 7.83. The topological polar surface area (TPSA) is 44.7 Å². The van der Waals surface area contributed by atoms with Crippen molar-refractivity contribution in [2.24, 2.45) is 0 Å². The van der Waals surface area contributed by atoms with Crippen molar-refractivity contribution in [3.8, 4) is 112 Å². The third-order valence-corrected chi connectivity index (χ3v) is 27.0. The van der Waals surface area contributed by atoms with Crippen LogP contribution in [0.2, 0.25) is 0 Å². The molecule has 0 N–H and O–H groups in total. The van der Waals surface area contributed by atoms with Crippen LogP contribution in [0, 0.1) is 0 Å². The largest absolute Gasteiger partial charge is 0.464 e. The fourth-order valence-electron chi connectivity index (χ4n) is 20.0. The lowest BCUT2D eigenvalue weighted by Gasteiger charge is -2.41. The Bertz CT molecular complexity index is 7540. The van der Waals surface area contributed by atoms with Gasteiger partial charge in [-0.15, -0.1) is 0 Å². The van der Waals surface area contributed by atoms with Gasteiger partial charge in [0.2, 0.25) is 6.71 Å². The van der Waals surface area contributed by atoms with Crippen molar-refractivity contribution in [1.82, 2.24) is 9.13 Å². The van der Waals surface area contributed by atoms with Gasteiger partial charge >= 0.3 is 0 Å². The highest BCUT2D eigenvalue weighted by Crippen LogP contribution is 2.54. The van der Waals surface area contributed by atoms with Crippen LogP contribution in [0.3, 0.4) is 0 Å². The molecule has 0 radical (unpaired) electrons. The molecule has 0 spiro atoms. The lowest BCUT2D eigenvalue weighted by Crippen LogP contribution is -2.59. The number of furan rings is 1. The predicted octanol–water partition coefficient (Wildman–Crippen LogP) is 26.4. The van der Waals surface area contributed by atoms with Gasteiger partial charge in [0.05, 0.1) is 28.3 Å². The summed E-state index contributed by atoms with van der Waals surface area (Å²) in [4.78, 5) is 4.99. The van der Waals surface area contributed by atoms with Crippen LogP contribution in [-0.2, 0) is 10.8 Å². The van der Waals surface area contributed by atoms with Gasteiger partial charge in [0.1, 0.15) is 28.6 Å². The van der Waals surface area contributed by atoms with Crippen molar-refractivity contribution in [3.63, 3.8) is 0 Å². The molecule has 17 aromatic carbocycles. The first kappa shape index (κ1) is 70.9. The van der Waals surface area contributed by atoms with Gasteiger partial charge in [-0.1, -0.05) is 301 Å². The molecule has 0 bridgehead atoms. The molecule has 0 atom stereocenters. The molecule has 4 aliphatic rings. The number of hydrogen-bond donors (Lipinski definition) is 0. The van der Waals surface area contributed by atoms with E-state index in [2.05, 4.69) is 420 Å². The van der Waals surface area contributed by atoms with Gasteiger partial charge in [0.25, 0.3) is 6.71 Å². The Hall–Kier alpha value is -14.2. The third-order valence-electron chi connectivity index (χ3n) is 25.9. The average Bonchev–Trinajstić information content (AvgIpc) is 0.744. The lowest BCUT2D eigenvalue weighted by molar-refractivity contribution is 0.466. The van der Waals surface area contributed by atoms with Gasteiger partial charge in [-0.2, -0.15) is 0 Å². The van der Waals surface area contributed by atoms with E-state index in [1.807, 2.05) is 18.0 Å². The summed E-state index contributed by atoms with van der Waals surface area (Å²) in [5, 5.41) is 6.01. The molecule has 0 saturated carbocycles. The SMILES string of the molecule is CC(C)(C)c1ccc2c(c1)c1cc(C(C)(C)C)ccc1n2-c1ccc2c(c1)Sc1cc(-c3cc4c5c(c3-c3ccccc3-c3ccccc3)Oc3ccccc3B5c3cc(-c5ccc6occ(-c7ccccc7)c6c5)ccc3O4)cc3c1B2c1ccc(-n2c4ccccc4c4ccccc42)cc1N3c1cc(-c2ccccc2)cc(-c2ccccc2)c1. The zero-order chi connectivity index (χ0) is 80.7. The number of nitrogens with zero attached hydrogens (tertiary/aromatic N) is 3. The zero-order valence-electron chi connectivity index (χ0n) is 67.8. The number of rotatable bonds is 10. The van der Waals surface area contributed by atoms with E-state index in [-0.39, 0.29) is 24.3 Å². The minimum absolute atomic E-state index is 0.0536. The van der Waals surface area contributed by atoms with Crippen LogP contribution in [0.15, 0.2) is 384 Å². The molecule has 7 heterocycles. The summed E-state index contributed by atoms with van der Waals surface area (Å²) in [5.74, 6) is 3.13. The van der Waals surface area contributed by atoms with Crippen LogP contribution in [0.1, 0.15) is 52.7 Å². The summed E-state index contributed by atoms with van der Waals surface area (Å²) >= 11 is 1.89. The first-order valence-corrected chi connectivity index (χ1v) is 42.9. The monoisotopic (exact) mass is 1570 g/mol. The minimum Gasteiger partial charge on any atom is -0.464 e. The van der Waals surface area contributed by atoms with Crippen LogP contribution in [0.5, 0.6) is 23.0 Å². The van der Waals surface area contributed by atoms with Gasteiger partial charge in [-0.25, -0.2) is 0 Å². The Kier molecular flexibility index (Phi) is 15.9. The van der Waals surface area contributed by atoms with Crippen molar-refractivity contribution >= 4 is 130 Å². The number of fused-ring (bicyclic) bond motifs is 15. The van der Waals surface area contributed by atoms with Crippen LogP contribution < -0.4 is 47.2 Å². The van der Waals surface area contributed by atoms with Crippen molar-refractivity contribution in [3.05, 3.63) is 381 Å². The van der Waals surface area contributed by atoms with Gasteiger partial charge in [-0.3, -0.25) is 0 Å². The molecule has 6 nitrogen and oxygen atoms in total. The Morgan fingerprint density at radius 3 is 1.47 bits per heavy atom. The van der Waals surface area contributed by atoms with E-state index in [0.29, 0.717) is 0 Å². The van der Waals surface area contributed by atoms with Gasteiger partial charge in [0.15, 0.2) is 0 Å². The van der Waals surface area contributed by atoms with Gasteiger partial charge in [0, 0.05) is 81.7 Å². The summed E-state index contributed by atoms with van der Waals surface area (Å²) in [6.07, 6.45) is 1.88. The second-order valence-corrected chi connectivity index (χ2v) is 36.1. The smallest absolute Gasteiger partial charge is 0.260 e. The number of hydrogen-bond acceptors (Lipinski definition) is 5. The maximum Gasteiger partial charge on any atom is 0.260 e. The molecule has 0 unspecified atom stereocenters. The van der Waals surface area contributed by atoms with Crippen LogP contribution in [0.25, 0.3) is 144 Å². The van der Waals surface area contributed by atoms with Gasteiger partial charge in [-0.05, 0) is 232 Å². The average molecular weight is 1570 g/mol. The highest BCUT2D eigenvalue weighted by atomic mass is 32.2. The van der Waals surface area contributed by atoms with E-state index in [1.165, 1.54) is 69.9 Å². The summed E-state index contributed by atoms with van der Waals surface area (Å²) in [6.45, 7) is 13.5. The Morgan fingerprint density at radius 2 is 0.818 bits per heavy atom. The van der Waals surface area contributed by atoms with E-state index < -0.39 is 0 Å². The van der Waals surface area contributed by atoms with E-state index in [4.69, 9.17) is 13.9 Å². The van der Waals surface area contributed by atoms with Gasteiger partial charge < -0.3 is 27.9 Å². The number of ether oxygens (including phenoxy) is 2. The first-order valence-electron chi connectivity index (χ1n) is 42.0. The second-order valence-electron chi connectivity index (χ2n) is 35.0. The minimum atomic E-state index is -0.276. The quantitative estimate of drug-likeness (QED) is 0.128. The van der Waals surface area contributed by atoms with Crippen molar-refractivity contribution in [2.45, 2.75) is 62.2 Å². The Balaban J connectivity index is 0.788. The van der Waals surface area contributed by atoms with E-state index >= 15 is 0 Å². The normalized spacial score (nSPS) is 13.1. The van der Waals surface area contributed by atoms with Crippen LogP contribution in [0.4, 0.5) is 17.1 Å². The Morgan fingerprint density at radius 1 is 0.281 bits per heavy atom. The van der Waals surface area contributed by atoms with E-state index in [9.17, 15) is 0 Å². The van der Waals surface area contributed by atoms with Crippen molar-refractivity contribution in [2.75, 3.05) is 4.90 Å². The molecule has 3 aromatic heterocycles. The molecule has 24 rings (SSSR count). The summed E-state index contributed by atoms with van der Waals surface area (Å²) in [5.41, 5.74) is 35.4. The predicted molar refractivity (Wildman–Crippen MR) is 508 cm³/mol. The molecule has 9 heteroatoms. The molecule has 20 aromatic rings. The lowest BCUT2D eigenvalue weighted by atomic mass is 9.34. The maximum atomic E-state index is 7.83. The second kappa shape index (κ2) is 27.2. The third kappa shape index (κ3) is 11.3. The molecule has 0 fully saturated rings. The van der Waals surface area contributed by atoms with Crippen molar-refractivity contribution < 1.29 is 13.9 Å². The summed E-state index contributed by atoms with van der Waals surface area (Å²) in [7, 11) is 0. The van der Waals surface area contributed by atoms with Crippen LogP contribution in [-0.4, -0.2) is 22.6 Å². The molecule has 0 aliphatic carbocycles. The summed E-state index contributed by atoms with van der Waals surface area (Å²) in [6, 6.07) is 136.